The summed E-state index contributed by atoms with van der Waals surface area (Å²) in [4.78, 5) is 12.4. The van der Waals surface area contributed by atoms with Gasteiger partial charge in [0.25, 0.3) is 0 Å². The van der Waals surface area contributed by atoms with Gasteiger partial charge in [-0.3, -0.25) is 4.79 Å². The van der Waals surface area contributed by atoms with Gasteiger partial charge < -0.3 is 9.30 Å². The van der Waals surface area contributed by atoms with Crippen LogP contribution in [0.4, 0.5) is 0 Å². The summed E-state index contributed by atoms with van der Waals surface area (Å²) in [5, 5.41) is 2.57. The van der Waals surface area contributed by atoms with Gasteiger partial charge >= 0.3 is 5.97 Å². The highest BCUT2D eigenvalue weighted by Crippen LogP contribution is 2.30. The average Bonchev–Trinajstić information content (AvgIpc) is 3.03. The maximum atomic E-state index is 12.4. The molecule has 2 aromatic carbocycles. The van der Waals surface area contributed by atoms with Crippen LogP contribution in [-0.2, 0) is 9.53 Å². The van der Waals surface area contributed by atoms with Gasteiger partial charge in [0.2, 0.25) is 0 Å². The van der Waals surface area contributed by atoms with E-state index in [2.05, 4.69) is 79.3 Å². The summed E-state index contributed by atoms with van der Waals surface area (Å²) < 4.78 is 7.60. The number of nitrogens with zero attached hydrogens (tertiary/aromatic N) is 1. The molecule has 0 amide bonds. The van der Waals surface area contributed by atoms with Gasteiger partial charge in [-0.2, -0.15) is 0 Å². The molecule has 1 heterocycles. The Morgan fingerprint density at radius 2 is 1.85 bits per heavy atom. The van der Waals surface area contributed by atoms with Crippen LogP contribution in [0.5, 0.6) is 0 Å². The van der Waals surface area contributed by atoms with E-state index in [0.717, 1.165) is 0 Å². The summed E-state index contributed by atoms with van der Waals surface area (Å²) in [6, 6.07) is 19.3. The van der Waals surface area contributed by atoms with E-state index in [-0.39, 0.29) is 11.6 Å². The normalized spacial score (nSPS) is 12.9. The number of ether oxygens (including phenoxy) is 1. The van der Waals surface area contributed by atoms with E-state index in [1.807, 2.05) is 13.0 Å². The molecule has 3 aromatic rings. The van der Waals surface area contributed by atoms with Crippen LogP contribution < -0.4 is 5.19 Å². The Bertz CT molecular complexity index is 899. The van der Waals surface area contributed by atoms with Crippen molar-refractivity contribution < 1.29 is 9.53 Å². The van der Waals surface area contributed by atoms with Crippen molar-refractivity contribution in [2.45, 2.75) is 39.0 Å². The number of fused-ring (bicyclic) bond motifs is 1. The van der Waals surface area contributed by atoms with Gasteiger partial charge in [0.15, 0.2) is 0 Å². The van der Waals surface area contributed by atoms with Crippen LogP contribution in [0.15, 0.2) is 60.8 Å². The van der Waals surface area contributed by atoms with Gasteiger partial charge in [0, 0.05) is 17.4 Å². The van der Waals surface area contributed by atoms with Crippen molar-refractivity contribution in [1.82, 2.24) is 4.57 Å². The predicted molar refractivity (Wildman–Crippen MR) is 111 cm³/mol. The number of aromatic nitrogens is 1. The molecule has 0 saturated carbocycles. The van der Waals surface area contributed by atoms with Crippen molar-refractivity contribution in [2.24, 2.45) is 0 Å². The van der Waals surface area contributed by atoms with Crippen molar-refractivity contribution in [1.29, 1.82) is 0 Å². The number of benzene rings is 2. The van der Waals surface area contributed by atoms with Crippen molar-refractivity contribution >= 4 is 30.1 Å². The van der Waals surface area contributed by atoms with Crippen LogP contribution in [0.1, 0.15) is 24.6 Å². The van der Waals surface area contributed by atoms with Crippen LogP contribution in [0.2, 0.25) is 13.1 Å². The fraction of sp³-hybridized carbons (Fsp3) is 0.318. The Labute approximate surface area is 156 Å². The summed E-state index contributed by atoms with van der Waals surface area (Å²) in [5.41, 5.74) is 2.53. The Morgan fingerprint density at radius 3 is 2.54 bits per heavy atom. The fourth-order valence-corrected chi connectivity index (χ4v) is 6.73. The third-order valence-corrected chi connectivity index (χ3v) is 9.20. The maximum Gasteiger partial charge on any atom is 0.307 e. The molecule has 1 unspecified atom stereocenters. The zero-order valence-corrected chi connectivity index (χ0v) is 17.0. The number of carbonyl (C=O) groups is 1. The summed E-state index contributed by atoms with van der Waals surface area (Å²) >= 11 is 0. The first-order valence-corrected chi connectivity index (χ1v) is 12.3. The number of rotatable bonds is 6. The monoisotopic (exact) mass is 365 g/mol. The molecular weight excluding hydrogens is 338 g/mol. The second-order valence-corrected chi connectivity index (χ2v) is 12.1. The van der Waals surface area contributed by atoms with Gasteiger partial charge in [0.05, 0.1) is 13.0 Å². The first kappa shape index (κ1) is 18.5. The molecule has 3 nitrogen and oxygen atoms in total. The summed E-state index contributed by atoms with van der Waals surface area (Å²) in [7, 11) is -1.97. The van der Waals surface area contributed by atoms with Gasteiger partial charge in [-0.25, -0.2) is 0 Å². The van der Waals surface area contributed by atoms with Gasteiger partial charge in [-0.15, -0.1) is 0 Å². The van der Waals surface area contributed by atoms with Crippen LogP contribution in [-0.4, -0.2) is 25.2 Å². The van der Waals surface area contributed by atoms with E-state index in [4.69, 9.17) is 4.74 Å². The minimum absolute atomic E-state index is 0.101. The molecule has 1 atom stereocenters. The number of hydrogen-bond donors (Lipinski definition) is 0. The molecule has 0 fully saturated rings. The smallest absolute Gasteiger partial charge is 0.307 e. The second-order valence-electron chi connectivity index (χ2n) is 7.40. The van der Waals surface area contributed by atoms with Crippen molar-refractivity contribution in [3.05, 3.63) is 66.4 Å². The molecule has 0 N–H and O–H groups in total. The largest absolute Gasteiger partial charge is 0.466 e. The van der Waals surface area contributed by atoms with Crippen molar-refractivity contribution in [2.75, 3.05) is 6.61 Å². The summed E-state index contributed by atoms with van der Waals surface area (Å²) in [6.45, 7) is 9.07. The molecular formula is C22H27NO2Si. The maximum absolute atomic E-state index is 12.4. The second kappa shape index (κ2) is 7.50. The SMILES string of the molecule is CCOC(=O)CC(n1ccc2cc(C)ccc21)[Si](C)(C)c1ccccc1. The Balaban J connectivity index is 2.09. The van der Waals surface area contributed by atoms with E-state index >= 15 is 0 Å². The minimum Gasteiger partial charge on any atom is -0.466 e. The van der Waals surface area contributed by atoms with Crippen LogP contribution in [0.25, 0.3) is 10.9 Å². The molecule has 4 heteroatoms. The number of hydrogen-bond acceptors (Lipinski definition) is 2. The van der Waals surface area contributed by atoms with E-state index in [1.165, 1.54) is 21.7 Å². The lowest BCUT2D eigenvalue weighted by Crippen LogP contribution is -2.50. The predicted octanol–water partition coefficient (Wildman–Crippen LogP) is 4.60. The Hall–Kier alpha value is -2.33. The molecule has 1 aromatic heterocycles. The van der Waals surface area contributed by atoms with Crippen molar-refractivity contribution in [3.63, 3.8) is 0 Å². The quantitative estimate of drug-likeness (QED) is 0.472. The average molecular weight is 366 g/mol. The van der Waals surface area contributed by atoms with Crippen LogP contribution >= 0.6 is 0 Å². The Kier molecular flexibility index (Phi) is 5.32. The lowest BCUT2D eigenvalue weighted by molar-refractivity contribution is -0.143. The third-order valence-electron chi connectivity index (χ3n) is 5.23. The molecule has 3 rings (SSSR count). The standard InChI is InChI=1S/C22H27NO2Si/c1-5-25-22(24)16-21(26(3,4)19-9-7-6-8-10-19)23-14-13-18-15-17(2)11-12-20(18)23/h6-15,21H,5,16H2,1-4H3. The van der Waals surface area contributed by atoms with Crippen molar-refractivity contribution in [3.8, 4) is 0 Å². The van der Waals surface area contributed by atoms with E-state index in [0.29, 0.717) is 13.0 Å². The number of aryl methyl sites for hydroxylation is 1. The van der Waals surface area contributed by atoms with Crippen LogP contribution in [0, 0.1) is 6.92 Å². The molecule has 0 radical (unpaired) electrons. The summed E-state index contributed by atoms with van der Waals surface area (Å²) in [6.07, 6.45) is 2.53. The third kappa shape index (κ3) is 3.60. The molecule has 0 spiro atoms. The first-order chi connectivity index (χ1) is 12.4. The van der Waals surface area contributed by atoms with Gasteiger partial charge in [-0.05, 0) is 37.4 Å². The number of esters is 1. The highest BCUT2D eigenvalue weighted by Gasteiger charge is 2.37. The molecule has 0 bridgehead atoms. The topological polar surface area (TPSA) is 31.2 Å². The van der Waals surface area contributed by atoms with E-state index in [1.54, 1.807) is 0 Å². The van der Waals surface area contributed by atoms with E-state index in [9.17, 15) is 4.79 Å². The van der Waals surface area contributed by atoms with E-state index < -0.39 is 8.07 Å². The van der Waals surface area contributed by atoms with Crippen LogP contribution in [0.3, 0.4) is 0 Å². The zero-order chi connectivity index (χ0) is 18.7. The lowest BCUT2D eigenvalue weighted by Gasteiger charge is -2.34. The lowest BCUT2D eigenvalue weighted by atomic mass is 10.2. The number of carbonyl (C=O) groups excluding carboxylic acids is 1. The molecule has 0 saturated heterocycles. The Morgan fingerprint density at radius 1 is 1.12 bits per heavy atom. The van der Waals surface area contributed by atoms with Gasteiger partial charge in [-0.1, -0.05) is 60.2 Å². The highest BCUT2D eigenvalue weighted by molar-refractivity contribution is 6.90. The minimum atomic E-state index is -1.97. The molecule has 0 aliphatic rings. The molecule has 0 aliphatic carbocycles. The highest BCUT2D eigenvalue weighted by atomic mass is 28.3. The van der Waals surface area contributed by atoms with Gasteiger partial charge in [0.1, 0.15) is 8.07 Å². The fourth-order valence-electron chi connectivity index (χ4n) is 3.69. The molecule has 0 aliphatic heterocycles. The molecule has 26 heavy (non-hydrogen) atoms. The zero-order valence-electron chi connectivity index (χ0n) is 16.0. The molecule has 136 valence electrons. The first-order valence-electron chi connectivity index (χ1n) is 9.22. The summed E-state index contributed by atoms with van der Waals surface area (Å²) in [5.74, 6) is -0.122.